The lowest BCUT2D eigenvalue weighted by molar-refractivity contribution is -0.134. The smallest absolute Gasteiger partial charge is 0.263 e. The molecule has 38 heavy (non-hydrogen) atoms. The molecule has 11 nitrogen and oxygen atoms in total. The molecule has 2 unspecified atom stereocenters. The van der Waals surface area contributed by atoms with Crippen LogP contribution in [-0.2, 0) is 35.0 Å². The molecule has 1 aromatic carbocycles. The van der Waals surface area contributed by atoms with E-state index in [1.807, 2.05) is 30.3 Å². The first-order valence-corrected chi connectivity index (χ1v) is 13.0. The van der Waals surface area contributed by atoms with E-state index < -0.39 is 41.4 Å². The van der Waals surface area contributed by atoms with E-state index in [0.717, 1.165) is 5.56 Å². The van der Waals surface area contributed by atoms with E-state index in [1.54, 1.807) is 13.8 Å². The average Bonchev–Trinajstić information content (AvgIpc) is 3.51. The van der Waals surface area contributed by atoms with Crippen LogP contribution in [0.2, 0.25) is 0 Å². The van der Waals surface area contributed by atoms with Crippen molar-refractivity contribution >= 4 is 34.8 Å². The van der Waals surface area contributed by atoms with Crippen LogP contribution < -0.4 is 16.0 Å². The molecule has 2 aromatic rings. The van der Waals surface area contributed by atoms with E-state index >= 15 is 0 Å². The lowest BCUT2D eigenvalue weighted by atomic mass is 9.95. The third kappa shape index (κ3) is 8.15. The number of rotatable bonds is 15. The van der Waals surface area contributed by atoms with Crippen molar-refractivity contribution in [2.24, 2.45) is 0 Å². The van der Waals surface area contributed by atoms with Crippen LogP contribution in [-0.4, -0.2) is 86.3 Å². The zero-order valence-corrected chi connectivity index (χ0v) is 22.8. The Morgan fingerprint density at radius 2 is 1.58 bits per heavy atom. The molecule has 206 valence electrons. The minimum atomic E-state index is -1.12. The van der Waals surface area contributed by atoms with Gasteiger partial charge in [-0.1, -0.05) is 30.3 Å². The van der Waals surface area contributed by atoms with Gasteiger partial charge in [-0.05, 0) is 32.3 Å². The average molecular weight is 547 g/mol. The fraction of sp³-hybridized carbons (Fsp3) is 0.500. The number of hydrogen-bond donors (Lipinski definition) is 3. The molecule has 1 aliphatic heterocycles. The zero-order chi connectivity index (χ0) is 27.7. The molecule has 0 radical (unpaired) electrons. The summed E-state index contributed by atoms with van der Waals surface area (Å²) in [6.07, 6.45) is 2.35. The SMILES string of the molecule is COCC(NC(=O)c1cnc(C)s1)C(=O)N[C@@H](COC)C(=O)N[C@@H](CCc1ccccc1)C(=O)C1(C)CO1. The van der Waals surface area contributed by atoms with Crippen LogP contribution in [0.5, 0.6) is 0 Å². The van der Waals surface area contributed by atoms with E-state index in [9.17, 15) is 19.2 Å². The number of hydrogen-bond acceptors (Lipinski definition) is 9. The molecule has 1 aromatic heterocycles. The standard InChI is InChI=1S/C26H34N4O7S/c1-16-27-12-21(38-16)25(34)30-20(14-36-4)24(33)29-19(13-35-3)23(32)28-18(22(31)26(2)15-37-26)11-10-17-8-6-5-7-9-17/h5-9,12,18-20H,10-11,13-15H2,1-4H3,(H,28,32)(H,29,33)(H,30,34)/t18-,19-,20?,26?/m0/s1. The van der Waals surface area contributed by atoms with Crippen molar-refractivity contribution in [2.75, 3.05) is 34.0 Å². The van der Waals surface area contributed by atoms with E-state index in [1.165, 1.54) is 31.8 Å². The Kier molecular flexibility index (Phi) is 10.5. The minimum Gasteiger partial charge on any atom is -0.382 e. The molecular weight excluding hydrogens is 512 g/mol. The number of Topliss-reactive ketones (excluding diaryl/α,β-unsaturated/α-hetero) is 1. The number of nitrogens with zero attached hydrogens (tertiary/aromatic N) is 1. The molecule has 1 fully saturated rings. The first-order valence-electron chi connectivity index (χ1n) is 12.2. The Morgan fingerprint density at radius 1 is 1.00 bits per heavy atom. The summed E-state index contributed by atoms with van der Waals surface area (Å²) in [5.74, 6) is -1.93. The zero-order valence-electron chi connectivity index (χ0n) is 21.9. The molecule has 3 rings (SSSR count). The molecule has 0 aliphatic carbocycles. The summed E-state index contributed by atoms with van der Waals surface area (Å²) >= 11 is 1.19. The van der Waals surface area contributed by atoms with Gasteiger partial charge >= 0.3 is 0 Å². The maximum atomic E-state index is 13.2. The minimum absolute atomic E-state index is 0.120. The van der Waals surface area contributed by atoms with E-state index in [0.29, 0.717) is 29.3 Å². The number of aromatic nitrogens is 1. The van der Waals surface area contributed by atoms with Crippen LogP contribution in [0.3, 0.4) is 0 Å². The Hall–Kier alpha value is -3.19. The number of ether oxygens (including phenoxy) is 3. The highest BCUT2D eigenvalue weighted by Crippen LogP contribution is 2.29. The number of epoxide rings is 1. The van der Waals surface area contributed by atoms with Gasteiger partial charge in [0.05, 0.1) is 37.1 Å². The predicted octanol–water partition coefficient (Wildman–Crippen LogP) is 0.803. The summed E-state index contributed by atoms with van der Waals surface area (Å²) in [5, 5.41) is 8.71. The van der Waals surface area contributed by atoms with Gasteiger partial charge in [0.1, 0.15) is 22.6 Å². The Labute approximate surface area is 225 Å². The molecule has 3 N–H and O–H groups in total. The number of amides is 3. The quantitative estimate of drug-likeness (QED) is 0.278. The predicted molar refractivity (Wildman–Crippen MR) is 140 cm³/mol. The van der Waals surface area contributed by atoms with Gasteiger partial charge in [-0.15, -0.1) is 11.3 Å². The Balaban J connectivity index is 1.67. The third-order valence-corrected chi connectivity index (χ3v) is 6.97. The number of carbonyl (C=O) groups excluding carboxylic acids is 4. The number of ketones is 1. The van der Waals surface area contributed by atoms with Crippen molar-refractivity contribution in [1.82, 2.24) is 20.9 Å². The Morgan fingerprint density at radius 3 is 2.11 bits per heavy atom. The van der Waals surface area contributed by atoms with E-state index in [-0.39, 0.29) is 19.0 Å². The second-order valence-electron chi connectivity index (χ2n) is 9.21. The highest BCUT2D eigenvalue weighted by atomic mass is 32.1. The van der Waals surface area contributed by atoms with Crippen LogP contribution in [0.4, 0.5) is 0 Å². The van der Waals surface area contributed by atoms with Gasteiger partial charge in [0.15, 0.2) is 5.78 Å². The van der Waals surface area contributed by atoms with Crippen molar-refractivity contribution in [3.05, 3.63) is 52.0 Å². The lowest BCUT2D eigenvalue weighted by Gasteiger charge is -2.25. The Bertz CT molecular complexity index is 1120. The number of methoxy groups -OCH3 is 2. The monoisotopic (exact) mass is 546 g/mol. The molecule has 1 aliphatic rings. The van der Waals surface area contributed by atoms with Gasteiger partial charge in [0, 0.05) is 14.2 Å². The largest absolute Gasteiger partial charge is 0.382 e. The number of nitrogens with one attached hydrogen (secondary N) is 3. The van der Waals surface area contributed by atoms with Crippen LogP contribution in [0.15, 0.2) is 36.5 Å². The van der Waals surface area contributed by atoms with E-state index in [4.69, 9.17) is 14.2 Å². The highest BCUT2D eigenvalue weighted by Gasteiger charge is 2.50. The van der Waals surface area contributed by atoms with Gasteiger partial charge in [0.25, 0.3) is 5.91 Å². The second-order valence-corrected chi connectivity index (χ2v) is 10.4. The number of thiazole rings is 1. The fourth-order valence-electron chi connectivity index (χ4n) is 3.78. The van der Waals surface area contributed by atoms with Gasteiger partial charge in [0.2, 0.25) is 11.8 Å². The topological polar surface area (TPSA) is 148 Å². The molecule has 2 heterocycles. The number of benzene rings is 1. The summed E-state index contributed by atoms with van der Waals surface area (Å²) in [6, 6.07) is 6.61. The summed E-state index contributed by atoms with van der Waals surface area (Å²) in [5.41, 5.74) is 0.0924. The number of aryl methyl sites for hydroxylation is 2. The molecule has 12 heteroatoms. The van der Waals surface area contributed by atoms with Crippen molar-refractivity contribution in [1.29, 1.82) is 0 Å². The van der Waals surface area contributed by atoms with Gasteiger partial charge in [-0.3, -0.25) is 19.2 Å². The van der Waals surface area contributed by atoms with Gasteiger partial charge < -0.3 is 30.2 Å². The maximum Gasteiger partial charge on any atom is 0.263 e. The van der Waals surface area contributed by atoms with Crippen molar-refractivity contribution in [3.63, 3.8) is 0 Å². The van der Waals surface area contributed by atoms with Crippen molar-refractivity contribution in [2.45, 2.75) is 50.4 Å². The molecule has 0 bridgehead atoms. The second kappa shape index (κ2) is 13.6. The molecule has 0 spiro atoms. The summed E-state index contributed by atoms with van der Waals surface area (Å²) in [4.78, 5) is 56.4. The molecule has 4 atom stereocenters. The summed E-state index contributed by atoms with van der Waals surface area (Å²) in [7, 11) is 2.79. The number of carbonyl (C=O) groups is 4. The molecule has 0 saturated carbocycles. The van der Waals surface area contributed by atoms with E-state index in [2.05, 4.69) is 20.9 Å². The lowest BCUT2D eigenvalue weighted by Crippen LogP contribution is -2.58. The van der Waals surface area contributed by atoms with Crippen LogP contribution in [0, 0.1) is 6.92 Å². The summed E-state index contributed by atoms with van der Waals surface area (Å²) < 4.78 is 15.6. The first-order chi connectivity index (χ1) is 18.2. The summed E-state index contributed by atoms with van der Waals surface area (Å²) in [6.45, 7) is 3.48. The van der Waals surface area contributed by atoms with Crippen molar-refractivity contribution < 1.29 is 33.4 Å². The normalized spacial score (nSPS) is 18.6. The van der Waals surface area contributed by atoms with Gasteiger partial charge in [-0.25, -0.2) is 4.98 Å². The molecular formula is C26H34N4O7S. The van der Waals surface area contributed by atoms with Crippen LogP contribution in [0.25, 0.3) is 0 Å². The van der Waals surface area contributed by atoms with Crippen molar-refractivity contribution in [3.8, 4) is 0 Å². The van der Waals surface area contributed by atoms with Crippen LogP contribution in [0.1, 0.15) is 33.6 Å². The fourth-order valence-corrected chi connectivity index (χ4v) is 4.46. The van der Waals surface area contributed by atoms with Crippen LogP contribution >= 0.6 is 11.3 Å². The molecule has 1 saturated heterocycles. The molecule has 3 amide bonds. The highest BCUT2D eigenvalue weighted by molar-refractivity contribution is 7.13. The first kappa shape index (κ1) is 29.4. The maximum absolute atomic E-state index is 13.2. The third-order valence-electron chi connectivity index (χ3n) is 6.06. The van der Waals surface area contributed by atoms with Gasteiger partial charge in [-0.2, -0.15) is 0 Å².